The number of aliphatic imine (C=N–C) groups is 1. The number of hydrogen-bond donors (Lipinski definition) is 1. The largest absolute Gasteiger partial charge is 0.369 e. The second kappa shape index (κ2) is 5.50. The fraction of sp³-hybridized carbons (Fsp3) is 0.462. The lowest BCUT2D eigenvalue weighted by Gasteiger charge is -2.25. The van der Waals surface area contributed by atoms with E-state index in [-0.39, 0.29) is 17.4 Å². The van der Waals surface area contributed by atoms with Gasteiger partial charge < -0.3 is 5.73 Å². The summed E-state index contributed by atoms with van der Waals surface area (Å²) in [7, 11) is 0. The van der Waals surface area contributed by atoms with Gasteiger partial charge in [0.1, 0.15) is 0 Å². The van der Waals surface area contributed by atoms with E-state index in [0.29, 0.717) is 5.69 Å². The maximum Gasteiger partial charge on any atom is 0.209 e. The second-order valence-corrected chi connectivity index (χ2v) is 5.17. The first-order valence-electron chi connectivity index (χ1n) is 5.79. The third kappa shape index (κ3) is 3.45. The predicted molar refractivity (Wildman–Crippen MR) is 72.9 cm³/mol. The van der Waals surface area contributed by atoms with E-state index >= 15 is 0 Å². The van der Waals surface area contributed by atoms with Crippen molar-refractivity contribution < 1.29 is 0 Å². The van der Waals surface area contributed by atoms with Crippen molar-refractivity contribution in [2.75, 3.05) is 4.90 Å². The van der Waals surface area contributed by atoms with Crippen LogP contribution in [0, 0.1) is 16.9 Å². The van der Waals surface area contributed by atoms with Crippen LogP contribution in [0.1, 0.15) is 27.7 Å². The molecule has 1 heterocycles. The van der Waals surface area contributed by atoms with Gasteiger partial charge in [-0.15, -0.1) is 0 Å². The number of rotatable bonds is 2. The molecule has 5 nitrogen and oxygen atoms in total. The molecule has 0 fully saturated rings. The van der Waals surface area contributed by atoms with Crippen molar-refractivity contribution in [1.29, 1.82) is 5.26 Å². The van der Waals surface area contributed by atoms with Crippen LogP contribution >= 0.6 is 0 Å². The molecule has 96 valence electrons. The summed E-state index contributed by atoms with van der Waals surface area (Å²) >= 11 is 0. The van der Waals surface area contributed by atoms with E-state index in [1.54, 1.807) is 24.5 Å². The SMILES string of the molecule is CC(N=C(N)N(C#N)c1ccncc1)C(C)(C)C. The highest BCUT2D eigenvalue weighted by Crippen LogP contribution is 2.22. The minimum atomic E-state index is 0.00396. The van der Waals surface area contributed by atoms with Crippen LogP contribution in [0.4, 0.5) is 5.69 Å². The molecule has 0 amide bonds. The summed E-state index contributed by atoms with van der Waals surface area (Å²) in [5.41, 5.74) is 6.56. The van der Waals surface area contributed by atoms with Gasteiger partial charge in [-0.25, -0.2) is 9.89 Å². The van der Waals surface area contributed by atoms with Crippen molar-refractivity contribution in [2.45, 2.75) is 33.7 Å². The number of pyridine rings is 1. The molecule has 0 radical (unpaired) electrons. The number of aromatic nitrogens is 1. The molecule has 1 rings (SSSR count). The monoisotopic (exact) mass is 245 g/mol. The normalized spacial score (nSPS) is 13.8. The Balaban J connectivity index is 2.98. The lowest BCUT2D eigenvalue weighted by Crippen LogP contribution is -2.36. The summed E-state index contributed by atoms with van der Waals surface area (Å²) in [5.74, 6) is 0.200. The van der Waals surface area contributed by atoms with Crippen molar-refractivity contribution in [1.82, 2.24) is 4.98 Å². The minimum Gasteiger partial charge on any atom is -0.369 e. The summed E-state index contributed by atoms with van der Waals surface area (Å²) in [5, 5.41) is 9.16. The molecule has 0 spiro atoms. The maximum atomic E-state index is 9.16. The van der Waals surface area contributed by atoms with Crippen molar-refractivity contribution >= 4 is 11.6 Å². The van der Waals surface area contributed by atoms with E-state index in [2.05, 4.69) is 30.7 Å². The van der Waals surface area contributed by atoms with E-state index in [4.69, 9.17) is 11.0 Å². The van der Waals surface area contributed by atoms with Crippen LogP contribution in [0.3, 0.4) is 0 Å². The maximum absolute atomic E-state index is 9.16. The van der Waals surface area contributed by atoms with Crippen LogP contribution in [0.2, 0.25) is 0 Å². The lowest BCUT2D eigenvalue weighted by molar-refractivity contribution is 0.341. The fourth-order valence-electron chi connectivity index (χ4n) is 1.18. The molecule has 0 bridgehead atoms. The molecule has 1 atom stereocenters. The van der Waals surface area contributed by atoms with E-state index in [1.165, 1.54) is 4.90 Å². The number of nitrogens with zero attached hydrogens (tertiary/aromatic N) is 4. The van der Waals surface area contributed by atoms with E-state index < -0.39 is 0 Å². The van der Waals surface area contributed by atoms with Gasteiger partial charge in [0.25, 0.3) is 0 Å². The zero-order valence-electron chi connectivity index (χ0n) is 11.3. The van der Waals surface area contributed by atoms with Gasteiger partial charge in [0.05, 0.1) is 11.7 Å². The lowest BCUT2D eigenvalue weighted by atomic mass is 9.88. The molecule has 18 heavy (non-hydrogen) atoms. The van der Waals surface area contributed by atoms with E-state index in [9.17, 15) is 0 Å². The molecule has 0 aliphatic rings. The molecule has 0 aliphatic heterocycles. The Hall–Kier alpha value is -2.09. The Morgan fingerprint density at radius 1 is 1.44 bits per heavy atom. The first-order chi connectivity index (χ1) is 8.36. The molecule has 1 aromatic rings. The Kier molecular flexibility index (Phi) is 4.27. The molecule has 0 saturated carbocycles. The van der Waals surface area contributed by atoms with Crippen LogP contribution in [0.5, 0.6) is 0 Å². The predicted octanol–water partition coefficient (Wildman–Crippen LogP) is 2.12. The molecule has 0 saturated heterocycles. The van der Waals surface area contributed by atoms with Crippen molar-refractivity contribution in [3.63, 3.8) is 0 Å². The topological polar surface area (TPSA) is 78.3 Å². The van der Waals surface area contributed by atoms with Gasteiger partial charge in [0.2, 0.25) is 5.96 Å². The van der Waals surface area contributed by atoms with E-state index in [1.807, 2.05) is 13.1 Å². The van der Waals surface area contributed by atoms with Gasteiger partial charge in [-0.1, -0.05) is 20.8 Å². The Bertz CT molecular complexity index is 453. The highest BCUT2D eigenvalue weighted by molar-refractivity contribution is 5.97. The molecule has 2 N–H and O–H groups in total. The number of anilines is 1. The zero-order chi connectivity index (χ0) is 13.8. The Labute approximate surface area is 108 Å². The summed E-state index contributed by atoms with van der Waals surface area (Å²) < 4.78 is 0. The molecular formula is C13H19N5. The summed E-state index contributed by atoms with van der Waals surface area (Å²) in [6, 6.07) is 3.45. The van der Waals surface area contributed by atoms with Gasteiger partial charge in [-0.3, -0.25) is 4.98 Å². The molecular weight excluding hydrogens is 226 g/mol. The first-order valence-corrected chi connectivity index (χ1v) is 5.79. The number of nitriles is 1. The van der Waals surface area contributed by atoms with Gasteiger partial charge in [0.15, 0.2) is 6.19 Å². The van der Waals surface area contributed by atoms with Gasteiger partial charge in [-0.05, 0) is 24.5 Å². The second-order valence-electron chi connectivity index (χ2n) is 5.17. The molecule has 0 aliphatic carbocycles. The highest BCUT2D eigenvalue weighted by Gasteiger charge is 2.21. The fourth-order valence-corrected chi connectivity index (χ4v) is 1.18. The molecule has 0 aromatic carbocycles. The summed E-state index contributed by atoms with van der Waals surface area (Å²) in [6.07, 6.45) is 5.25. The Morgan fingerprint density at radius 3 is 2.44 bits per heavy atom. The van der Waals surface area contributed by atoms with Gasteiger partial charge >= 0.3 is 0 Å². The number of guanidine groups is 1. The van der Waals surface area contributed by atoms with Crippen molar-refractivity contribution in [3.8, 4) is 6.19 Å². The third-order valence-corrected chi connectivity index (χ3v) is 2.83. The van der Waals surface area contributed by atoms with Crippen LogP contribution in [0.15, 0.2) is 29.5 Å². The molecule has 1 unspecified atom stereocenters. The average molecular weight is 245 g/mol. The summed E-state index contributed by atoms with van der Waals surface area (Å²) in [6.45, 7) is 8.22. The molecule has 1 aromatic heterocycles. The average Bonchev–Trinajstić information content (AvgIpc) is 2.30. The van der Waals surface area contributed by atoms with Crippen LogP contribution in [-0.4, -0.2) is 17.0 Å². The molecule has 5 heteroatoms. The van der Waals surface area contributed by atoms with Crippen LogP contribution in [-0.2, 0) is 0 Å². The Morgan fingerprint density at radius 2 is 2.00 bits per heavy atom. The zero-order valence-corrected chi connectivity index (χ0v) is 11.3. The van der Waals surface area contributed by atoms with Gasteiger partial charge in [-0.2, -0.15) is 5.26 Å². The quantitative estimate of drug-likeness (QED) is 0.374. The first kappa shape index (κ1) is 14.0. The summed E-state index contributed by atoms with van der Waals surface area (Å²) in [4.78, 5) is 9.57. The highest BCUT2D eigenvalue weighted by atomic mass is 15.3. The smallest absolute Gasteiger partial charge is 0.209 e. The standard InChI is InChI=1S/C13H19N5/c1-10(13(2,3)4)17-12(15)18(9-14)11-5-7-16-8-6-11/h5-8,10H,1-4H3,(H2,15,17). The number of hydrogen-bond acceptors (Lipinski definition) is 3. The van der Waals surface area contributed by atoms with Crippen LogP contribution in [0.25, 0.3) is 0 Å². The minimum absolute atomic E-state index is 0.00396. The number of nitrogens with two attached hydrogens (primary N) is 1. The van der Waals surface area contributed by atoms with E-state index in [0.717, 1.165) is 0 Å². The van der Waals surface area contributed by atoms with Crippen LogP contribution < -0.4 is 10.6 Å². The van der Waals surface area contributed by atoms with Gasteiger partial charge in [0, 0.05) is 12.4 Å². The van der Waals surface area contributed by atoms with Crippen molar-refractivity contribution in [2.24, 2.45) is 16.1 Å². The third-order valence-electron chi connectivity index (χ3n) is 2.83. The van der Waals surface area contributed by atoms with Crippen molar-refractivity contribution in [3.05, 3.63) is 24.5 Å².